The van der Waals surface area contributed by atoms with Gasteiger partial charge >= 0.3 is 5.97 Å². The van der Waals surface area contributed by atoms with Gasteiger partial charge in [0.2, 0.25) is 0 Å². The van der Waals surface area contributed by atoms with Gasteiger partial charge in [0.25, 0.3) is 11.6 Å². The molecule has 24 heavy (non-hydrogen) atoms. The summed E-state index contributed by atoms with van der Waals surface area (Å²) in [5.41, 5.74) is -1.27. The number of hydrogen-bond donors (Lipinski definition) is 2. The van der Waals surface area contributed by atoms with Gasteiger partial charge in [-0.15, -0.1) is 0 Å². The molecule has 2 aromatic carbocycles. The van der Waals surface area contributed by atoms with E-state index in [0.717, 1.165) is 6.07 Å². The molecule has 2 N–H and O–H groups in total. The SMILES string of the molecule is CCOc1ccccc1NC(=O)c1cccc([N+](=O)[O-])c1C(=O)O. The largest absolute Gasteiger partial charge is 0.492 e. The summed E-state index contributed by atoms with van der Waals surface area (Å²) in [6.07, 6.45) is 0. The number of carboxylic acid groups (broad SMARTS) is 1. The molecule has 8 heteroatoms. The number of nitrogens with one attached hydrogen (secondary N) is 1. The Labute approximate surface area is 136 Å². The Hall–Kier alpha value is -3.42. The van der Waals surface area contributed by atoms with Crippen molar-refractivity contribution >= 4 is 23.3 Å². The van der Waals surface area contributed by atoms with Crippen LogP contribution in [0.3, 0.4) is 0 Å². The van der Waals surface area contributed by atoms with Gasteiger partial charge in [-0.25, -0.2) is 4.79 Å². The molecule has 0 heterocycles. The van der Waals surface area contributed by atoms with E-state index in [4.69, 9.17) is 4.74 Å². The molecule has 0 atom stereocenters. The normalized spacial score (nSPS) is 10.0. The van der Waals surface area contributed by atoms with Gasteiger partial charge in [0.05, 0.1) is 22.8 Å². The second-order valence-corrected chi connectivity index (χ2v) is 4.65. The van der Waals surface area contributed by atoms with Crippen LogP contribution >= 0.6 is 0 Å². The number of rotatable bonds is 6. The van der Waals surface area contributed by atoms with Crippen LogP contribution in [0.5, 0.6) is 5.75 Å². The highest BCUT2D eigenvalue weighted by Gasteiger charge is 2.27. The van der Waals surface area contributed by atoms with Gasteiger partial charge in [0, 0.05) is 6.07 Å². The lowest BCUT2D eigenvalue weighted by molar-refractivity contribution is -0.385. The summed E-state index contributed by atoms with van der Waals surface area (Å²) in [7, 11) is 0. The molecule has 0 radical (unpaired) electrons. The summed E-state index contributed by atoms with van der Waals surface area (Å²) in [6.45, 7) is 2.16. The Kier molecular flexibility index (Phi) is 5.10. The van der Waals surface area contributed by atoms with Crippen molar-refractivity contribution in [2.24, 2.45) is 0 Å². The fourth-order valence-electron chi connectivity index (χ4n) is 2.15. The van der Waals surface area contributed by atoms with Crippen LogP contribution in [0.15, 0.2) is 42.5 Å². The average molecular weight is 330 g/mol. The Bertz CT molecular complexity index is 803. The number of ether oxygens (including phenoxy) is 1. The predicted octanol–water partition coefficient (Wildman–Crippen LogP) is 2.94. The standard InChI is InChI=1S/C16H14N2O6/c1-2-24-13-9-4-3-7-11(13)17-15(19)10-6-5-8-12(18(22)23)14(10)16(20)21/h3-9H,2H2,1H3,(H,17,19)(H,20,21). The molecule has 0 spiro atoms. The lowest BCUT2D eigenvalue weighted by atomic mass is 10.0. The van der Waals surface area contributed by atoms with Crippen LogP contribution in [0.25, 0.3) is 0 Å². The number of hydrogen-bond acceptors (Lipinski definition) is 5. The van der Waals surface area contributed by atoms with E-state index in [1.54, 1.807) is 31.2 Å². The maximum atomic E-state index is 12.4. The van der Waals surface area contributed by atoms with Gasteiger partial charge in [0.15, 0.2) is 0 Å². The minimum absolute atomic E-state index is 0.303. The lowest BCUT2D eigenvalue weighted by Crippen LogP contribution is -2.18. The zero-order valence-corrected chi connectivity index (χ0v) is 12.7. The van der Waals surface area contributed by atoms with E-state index in [1.165, 1.54) is 12.1 Å². The molecular formula is C16H14N2O6. The van der Waals surface area contributed by atoms with Gasteiger partial charge in [-0.2, -0.15) is 0 Å². The molecule has 0 unspecified atom stereocenters. The van der Waals surface area contributed by atoms with Crippen molar-refractivity contribution in [1.82, 2.24) is 0 Å². The zero-order valence-electron chi connectivity index (χ0n) is 12.7. The summed E-state index contributed by atoms with van der Waals surface area (Å²) in [5.74, 6) is -1.91. The molecule has 124 valence electrons. The number of nitro benzene ring substituents is 1. The topological polar surface area (TPSA) is 119 Å². The number of anilines is 1. The third kappa shape index (κ3) is 3.49. The molecule has 0 saturated carbocycles. The number of para-hydroxylation sites is 2. The van der Waals surface area contributed by atoms with Gasteiger partial charge in [0.1, 0.15) is 11.3 Å². The first-order valence-corrected chi connectivity index (χ1v) is 6.99. The van der Waals surface area contributed by atoms with Crippen molar-refractivity contribution in [2.75, 3.05) is 11.9 Å². The van der Waals surface area contributed by atoms with Gasteiger partial charge in [-0.1, -0.05) is 18.2 Å². The number of benzene rings is 2. The van der Waals surface area contributed by atoms with E-state index in [0.29, 0.717) is 18.0 Å². The highest BCUT2D eigenvalue weighted by atomic mass is 16.6. The van der Waals surface area contributed by atoms with Crippen LogP contribution in [-0.4, -0.2) is 28.5 Å². The van der Waals surface area contributed by atoms with Crippen molar-refractivity contribution in [3.8, 4) is 5.75 Å². The fraction of sp³-hybridized carbons (Fsp3) is 0.125. The van der Waals surface area contributed by atoms with Crippen molar-refractivity contribution in [1.29, 1.82) is 0 Å². The van der Waals surface area contributed by atoms with Crippen molar-refractivity contribution in [3.63, 3.8) is 0 Å². The first-order chi connectivity index (χ1) is 11.5. The lowest BCUT2D eigenvalue weighted by Gasteiger charge is -2.12. The molecular weight excluding hydrogens is 316 g/mol. The molecule has 0 fully saturated rings. The quantitative estimate of drug-likeness (QED) is 0.621. The molecule has 2 rings (SSSR count). The monoisotopic (exact) mass is 330 g/mol. The minimum Gasteiger partial charge on any atom is -0.492 e. The minimum atomic E-state index is -1.55. The second kappa shape index (κ2) is 7.23. The number of carboxylic acids is 1. The number of carbonyl (C=O) groups is 2. The summed E-state index contributed by atoms with van der Waals surface area (Å²) in [4.78, 5) is 33.9. The summed E-state index contributed by atoms with van der Waals surface area (Å²) >= 11 is 0. The number of nitro groups is 1. The smallest absolute Gasteiger partial charge is 0.343 e. The molecule has 0 aliphatic rings. The highest BCUT2D eigenvalue weighted by Crippen LogP contribution is 2.27. The third-order valence-electron chi connectivity index (χ3n) is 3.13. The third-order valence-corrected chi connectivity index (χ3v) is 3.13. The molecule has 1 amide bonds. The molecule has 0 aliphatic carbocycles. The number of aromatic carboxylic acids is 1. The van der Waals surface area contributed by atoms with Gasteiger partial charge in [-0.05, 0) is 25.1 Å². The highest BCUT2D eigenvalue weighted by molar-refractivity contribution is 6.12. The van der Waals surface area contributed by atoms with E-state index < -0.39 is 28.1 Å². The van der Waals surface area contributed by atoms with Gasteiger partial charge < -0.3 is 15.2 Å². The van der Waals surface area contributed by atoms with Gasteiger partial charge in [-0.3, -0.25) is 14.9 Å². The second-order valence-electron chi connectivity index (χ2n) is 4.65. The Morgan fingerprint density at radius 2 is 1.92 bits per heavy atom. The zero-order chi connectivity index (χ0) is 17.7. The molecule has 0 aliphatic heterocycles. The molecule has 0 saturated heterocycles. The van der Waals surface area contributed by atoms with Crippen molar-refractivity contribution in [2.45, 2.75) is 6.92 Å². The van der Waals surface area contributed by atoms with Crippen LogP contribution in [0.4, 0.5) is 11.4 Å². The Balaban J connectivity index is 2.43. The first kappa shape index (κ1) is 16.9. The van der Waals surface area contributed by atoms with E-state index in [2.05, 4.69) is 5.32 Å². The maximum absolute atomic E-state index is 12.4. The molecule has 2 aromatic rings. The van der Waals surface area contributed by atoms with E-state index in [-0.39, 0.29) is 5.56 Å². The molecule has 0 bridgehead atoms. The van der Waals surface area contributed by atoms with E-state index in [1.807, 2.05) is 0 Å². The van der Waals surface area contributed by atoms with Crippen LogP contribution in [0.2, 0.25) is 0 Å². The van der Waals surface area contributed by atoms with Crippen LogP contribution in [0.1, 0.15) is 27.6 Å². The van der Waals surface area contributed by atoms with Crippen LogP contribution < -0.4 is 10.1 Å². The van der Waals surface area contributed by atoms with Crippen LogP contribution in [-0.2, 0) is 0 Å². The first-order valence-electron chi connectivity index (χ1n) is 6.99. The van der Waals surface area contributed by atoms with Crippen molar-refractivity contribution < 1.29 is 24.4 Å². The number of carbonyl (C=O) groups excluding carboxylic acids is 1. The summed E-state index contributed by atoms with van der Waals surface area (Å²) in [6, 6.07) is 10.1. The number of amides is 1. The predicted molar refractivity (Wildman–Crippen MR) is 85.6 cm³/mol. The van der Waals surface area contributed by atoms with Crippen LogP contribution in [0, 0.1) is 10.1 Å². The summed E-state index contributed by atoms with van der Waals surface area (Å²) < 4.78 is 5.37. The molecule has 0 aromatic heterocycles. The van der Waals surface area contributed by atoms with E-state index in [9.17, 15) is 24.8 Å². The fourth-order valence-corrected chi connectivity index (χ4v) is 2.15. The Morgan fingerprint density at radius 1 is 1.21 bits per heavy atom. The Morgan fingerprint density at radius 3 is 2.54 bits per heavy atom. The number of nitrogens with zero attached hydrogens (tertiary/aromatic N) is 1. The average Bonchev–Trinajstić information content (AvgIpc) is 2.56. The molecule has 8 nitrogen and oxygen atoms in total. The van der Waals surface area contributed by atoms with E-state index >= 15 is 0 Å². The summed E-state index contributed by atoms with van der Waals surface area (Å²) in [5, 5.41) is 22.8. The van der Waals surface area contributed by atoms with Crippen molar-refractivity contribution in [3.05, 3.63) is 63.7 Å². The maximum Gasteiger partial charge on any atom is 0.343 e.